The van der Waals surface area contributed by atoms with E-state index in [-0.39, 0.29) is 12.5 Å². The van der Waals surface area contributed by atoms with Gasteiger partial charge in [0, 0.05) is 23.9 Å². The molecule has 148 valence electrons. The molecule has 2 aromatic rings. The van der Waals surface area contributed by atoms with Crippen molar-refractivity contribution in [1.82, 2.24) is 10.6 Å². The van der Waals surface area contributed by atoms with Crippen LogP contribution in [0.1, 0.15) is 26.3 Å². The summed E-state index contributed by atoms with van der Waals surface area (Å²) >= 11 is 0. The molecular formula is C20H23N3O5. The van der Waals surface area contributed by atoms with E-state index in [0.29, 0.717) is 33.9 Å². The Labute approximate surface area is 163 Å². The topological polar surface area (TPSA) is 106 Å². The Balaban J connectivity index is 2.01. The monoisotopic (exact) mass is 385 g/mol. The maximum atomic E-state index is 12.3. The van der Waals surface area contributed by atoms with Gasteiger partial charge < -0.3 is 25.4 Å². The first-order valence-corrected chi connectivity index (χ1v) is 8.53. The van der Waals surface area contributed by atoms with Gasteiger partial charge >= 0.3 is 0 Å². The van der Waals surface area contributed by atoms with Crippen LogP contribution in [0, 0.1) is 6.92 Å². The van der Waals surface area contributed by atoms with Gasteiger partial charge in [-0.2, -0.15) is 0 Å². The van der Waals surface area contributed by atoms with Gasteiger partial charge in [0.25, 0.3) is 11.8 Å². The summed E-state index contributed by atoms with van der Waals surface area (Å²) in [7, 11) is 4.52. The third-order valence-corrected chi connectivity index (χ3v) is 4.13. The van der Waals surface area contributed by atoms with E-state index in [1.165, 1.54) is 27.3 Å². The van der Waals surface area contributed by atoms with E-state index in [2.05, 4.69) is 16.0 Å². The average molecular weight is 385 g/mol. The molecule has 2 aromatic carbocycles. The second-order valence-electron chi connectivity index (χ2n) is 5.86. The zero-order chi connectivity index (χ0) is 20.7. The fourth-order valence-corrected chi connectivity index (χ4v) is 2.59. The van der Waals surface area contributed by atoms with Gasteiger partial charge in [0.05, 0.1) is 20.8 Å². The molecule has 0 bridgehead atoms. The summed E-state index contributed by atoms with van der Waals surface area (Å²) < 4.78 is 10.3. The number of anilines is 1. The van der Waals surface area contributed by atoms with Gasteiger partial charge in [0.15, 0.2) is 11.5 Å². The minimum Gasteiger partial charge on any atom is -0.493 e. The number of hydrogen-bond donors (Lipinski definition) is 3. The first-order chi connectivity index (χ1) is 13.4. The molecule has 2 rings (SSSR count). The van der Waals surface area contributed by atoms with Crippen LogP contribution in [-0.4, -0.2) is 45.5 Å². The summed E-state index contributed by atoms with van der Waals surface area (Å²) in [5, 5.41) is 7.80. The molecule has 8 heteroatoms. The van der Waals surface area contributed by atoms with Crippen molar-refractivity contribution in [2.75, 3.05) is 33.1 Å². The SMILES string of the molecule is CNC(=O)c1cccc(NC(=O)CNC(=O)c2ccc(OC)c(OC)c2)c1C. The number of carbonyl (C=O) groups is 3. The van der Waals surface area contributed by atoms with Crippen molar-refractivity contribution >= 4 is 23.4 Å². The largest absolute Gasteiger partial charge is 0.493 e. The summed E-state index contributed by atoms with van der Waals surface area (Å²) in [6.45, 7) is 1.51. The predicted molar refractivity (Wildman–Crippen MR) is 105 cm³/mol. The van der Waals surface area contributed by atoms with Crippen LogP contribution in [0.4, 0.5) is 5.69 Å². The van der Waals surface area contributed by atoms with E-state index in [1.807, 2.05) is 0 Å². The Morgan fingerprint density at radius 3 is 2.32 bits per heavy atom. The van der Waals surface area contributed by atoms with Crippen molar-refractivity contribution in [2.24, 2.45) is 0 Å². The number of rotatable bonds is 7. The lowest BCUT2D eigenvalue weighted by atomic mass is 10.1. The molecule has 0 radical (unpaired) electrons. The van der Waals surface area contributed by atoms with Crippen LogP contribution in [0.2, 0.25) is 0 Å². The third kappa shape index (κ3) is 4.79. The van der Waals surface area contributed by atoms with Crippen molar-refractivity contribution in [3.63, 3.8) is 0 Å². The summed E-state index contributed by atoms with van der Waals surface area (Å²) in [6.07, 6.45) is 0. The minimum absolute atomic E-state index is 0.225. The zero-order valence-corrected chi connectivity index (χ0v) is 16.2. The first kappa shape index (κ1) is 20.8. The maximum Gasteiger partial charge on any atom is 0.251 e. The van der Waals surface area contributed by atoms with E-state index in [1.54, 1.807) is 37.3 Å². The minimum atomic E-state index is -0.424. The number of hydrogen-bond acceptors (Lipinski definition) is 5. The molecule has 0 aliphatic rings. The molecule has 0 fully saturated rings. The number of ether oxygens (including phenoxy) is 2. The Morgan fingerprint density at radius 1 is 0.964 bits per heavy atom. The van der Waals surface area contributed by atoms with Gasteiger partial charge in [0.2, 0.25) is 5.91 Å². The molecule has 0 spiro atoms. The summed E-state index contributed by atoms with van der Waals surface area (Å²) in [5.41, 5.74) is 1.95. The highest BCUT2D eigenvalue weighted by Gasteiger charge is 2.14. The molecule has 0 aromatic heterocycles. The molecule has 0 unspecified atom stereocenters. The lowest BCUT2D eigenvalue weighted by Crippen LogP contribution is -2.33. The fraction of sp³-hybridized carbons (Fsp3) is 0.250. The highest BCUT2D eigenvalue weighted by molar-refractivity contribution is 6.01. The lowest BCUT2D eigenvalue weighted by Gasteiger charge is -2.13. The Hall–Kier alpha value is -3.55. The Kier molecular flexibility index (Phi) is 6.97. The van der Waals surface area contributed by atoms with Crippen LogP contribution >= 0.6 is 0 Å². The van der Waals surface area contributed by atoms with Crippen LogP contribution in [-0.2, 0) is 4.79 Å². The zero-order valence-electron chi connectivity index (χ0n) is 16.2. The maximum absolute atomic E-state index is 12.3. The third-order valence-electron chi connectivity index (χ3n) is 4.13. The van der Waals surface area contributed by atoms with E-state index >= 15 is 0 Å². The van der Waals surface area contributed by atoms with Gasteiger partial charge in [0.1, 0.15) is 0 Å². The standard InChI is InChI=1S/C20H23N3O5/c1-12-14(20(26)21-2)6-5-7-15(12)23-18(24)11-22-19(25)13-8-9-16(27-3)17(10-13)28-4/h5-10H,11H2,1-4H3,(H,21,26)(H,22,25)(H,23,24). The molecule has 3 amide bonds. The van der Waals surface area contributed by atoms with Crippen LogP contribution in [0.15, 0.2) is 36.4 Å². The lowest BCUT2D eigenvalue weighted by molar-refractivity contribution is -0.115. The molecule has 0 aliphatic heterocycles. The van der Waals surface area contributed by atoms with Gasteiger partial charge in [-0.3, -0.25) is 14.4 Å². The summed E-state index contributed by atoms with van der Waals surface area (Å²) in [5.74, 6) is -0.155. The van der Waals surface area contributed by atoms with E-state index in [4.69, 9.17) is 9.47 Å². The Bertz CT molecular complexity index is 895. The molecule has 0 heterocycles. The number of methoxy groups -OCH3 is 2. The second-order valence-corrected chi connectivity index (χ2v) is 5.86. The molecule has 0 saturated carbocycles. The first-order valence-electron chi connectivity index (χ1n) is 8.53. The van der Waals surface area contributed by atoms with E-state index in [0.717, 1.165) is 0 Å². The average Bonchev–Trinajstić information content (AvgIpc) is 2.72. The molecule has 28 heavy (non-hydrogen) atoms. The molecule has 0 saturated heterocycles. The van der Waals surface area contributed by atoms with Crippen molar-refractivity contribution in [1.29, 1.82) is 0 Å². The van der Waals surface area contributed by atoms with Gasteiger partial charge in [-0.05, 0) is 42.8 Å². The molecule has 0 aliphatic carbocycles. The fourth-order valence-electron chi connectivity index (χ4n) is 2.59. The number of benzene rings is 2. The van der Waals surface area contributed by atoms with Crippen LogP contribution in [0.5, 0.6) is 11.5 Å². The van der Waals surface area contributed by atoms with Crippen molar-refractivity contribution in [2.45, 2.75) is 6.92 Å². The molecular weight excluding hydrogens is 362 g/mol. The summed E-state index contributed by atoms with van der Waals surface area (Å²) in [4.78, 5) is 36.3. The molecule has 0 atom stereocenters. The molecule has 8 nitrogen and oxygen atoms in total. The number of amides is 3. The number of carbonyl (C=O) groups excluding carboxylic acids is 3. The summed E-state index contributed by atoms with van der Waals surface area (Å²) in [6, 6.07) is 9.75. The van der Waals surface area contributed by atoms with Crippen molar-refractivity contribution in [3.05, 3.63) is 53.1 Å². The normalized spacial score (nSPS) is 10.0. The quantitative estimate of drug-likeness (QED) is 0.673. The van der Waals surface area contributed by atoms with Crippen molar-refractivity contribution in [3.8, 4) is 11.5 Å². The van der Waals surface area contributed by atoms with Gasteiger partial charge in [-0.1, -0.05) is 6.07 Å². The van der Waals surface area contributed by atoms with Gasteiger partial charge in [-0.15, -0.1) is 0 Å². The van der Waals surface area contributed by atoms with Crippen molar-refractivity contribution < 1.29 is 23.9 Å². The highest BCUT2D eigenvalue weighted by atomic mass is 16.5. The predicted octanol–water partition coefficient (Wildman–Crippen LogP) is 1.74. The van der Waals surface area contributed by atoms with E-state index in [9.17, 15) is 14.4 Å². The molecule has 3 N–H and O–H groups in total. The van der Waals surface area contributed by atoms with Gasteiger partial charge in [-0.25, -0.2) is 0 Å². The van der Waals surface area contributed by atoms with Crippen LogP contribution < -0.4 is 25.4 Å². The van der Waals surface area contributed by atoms with Crippen LogP contribution in [0.25, 0.3) is 0 Å². The smallest absolute Gasteiger partial charge is 0.251 e. The van der Waals surface area contributed by atoms with E-state index < -0.39 is 11.8 Å². The number of nitrogens with one attached hydrogen (secondary N) is 3. The Morgan fingerprint density at radius 2 is 1.68 bits per heavy atom. The van der Waals surface area contributed by atoms with Crippen LogP contribution in [0.3, 0.4) is 0 Å². The second kappa shape index (κ2) is 9.40. The highest BCUT2D eigenvalue weighted by Crippen LogP contribution is 2.27.